The molecule has 0 saturated carbocycles. The molecule has 0 bridgehead atoms. The van der Waals surface area contributed by atoms with Crippen molar-refractivity contribution in [3.63, 3.8) is 0 Å². The largest absolute Gasteiger partial charge is 0.435 e. The predicted octanol–water partition coefficient (Wildman–Crippen LogP) is 1.53. The summed E-state index contributed by atoms with van der Waals surface area (Å²) in [6, 6.07) is 5.07. The molecule has 0 amide bonds. The van der Waals surface area contributed by atoms with E-state index in [0.717, 1.165) is 24.2 Å². The summed E-state index contributed by atoms with van der Waals surface area (Å²) in [5.41, 5.74) is 2.31. The van der Waals surface area contributed by atoms with Gasteiger partial charge in [-0.3, -0.25) is 4.90 Å². The smallest absolute Gasteiger partial charge is 0.387 e. The molecule has 0 saturated heterocycles. The van der Waals surface area contributed by atoms with Crippen LogP contribution in [0, 0.1) is 0 Å². The van der Waals surface area contributed by atoms with Crippen LogP contribution in [-0.4, -0.2) is 57.5 Å². The molecule has 8 heteroatoms. The quantitative estimate of drug-likeness (QED) is 0.786. The minimum absolute atomic E-state index is 0.0578. The molecule has 0 aromatic heterocycles. The summed E-state index contributed by atoms with van der Waals surface area (Å²) < 4.78 is 55.0. The number of hydrogen-bond acceptors (Lipinski definition) is 4. The van der Waals surface area contributed by atoms with Crippen molar-refractivity contribution in [3.05, 3.63) is 35.4 Å². The third-order valence-corrected chi connectivity index (χ3v) is 5.65. The first-order chi connectivity index (χ1) is 10.4. The lowest BCUT2D eigenvalue weighted by Gasteiger charge is -2.20. The van der Waals surface area contributed by atoms with E-state index in [0.29, 0.717) is 13.1 Å². The molecule has 0 unspecified atom stereocenters. The Labute approximate surface area is 127 Å². The van der Waals surface area contributed by atoms with Crippen molar-refractivity contribution in [1.82, 2.24) is 9.21 Å². The molecule has 2 aliphatic heterocycles. The van der Waals surface area contributed by atoms with Crippen molar-refractivity contribution in [2.75, 3.05) is 33.2 Å². The summed E-state index contributed by atoms with van der Waals surface area (Å²) in [6.07, 6.45) is 0. The van der Waals surface area contributed by atoms with Gasteiger partial charge in [0.05, 0.1) is 4.90 Å². The standard InChI is InChI=1S/C14H16F2N2O3S/c1-17-6-10-8-18(9-11(10)7-17)22(19,20)13-4-2-12(3-5-13)21-14(15)16/h2-5,14H,6-9H2,1H3. The molecule has 0 radical (unpaired) electrons. The second kappa shape index (κ2) is 5.60. The van der Waals surface area contributed by atoms with Crippen molar-refractivity contribution in [2.24, 2.45) is 0 Å². The van der Waals surface area contributed by atoms with E-state index in [9.17, 15) is 17.2 Å². The van der Waals surface area contributed by atoms with Crippen molar-refractivity contribution in [2.45, 2.75) is 11.5 Å². The highest BCUT2D eigenvalue weighted by Gasteiger charge is 2.35. The van der Waals surface area contributed by atoms with Crippen LogP contribution in [0.25, 0.3) is 0 Å². The van der Waals surface area contributed by atoms with Gasteiger partial charge in [0.25, 0.3) is 0 Å². The van der Waals surface area contributed by atoms with Crippen LogP contribution in [0.5, 0.6) is 5.75 Å². The summed E-state index contributed by atoms with van der Waals surface area (Å²) >= 11 is 0. The first-order valence-corrected chi connectivity index (χ1v) is 8.23. The Bertz CT molecular complexity index is 683. The minimum Gasteiger partial charge on any atom is -0.435 e. The Hall–Kier alpha value is -1.51. The molecule has 0 N–H and O–H groups in total. The normalized spacial score (nSPS) is 20.0. The Kier molecular flexibility index (Phi) is 3.92. The van der Waals surface area contributed by atoms with Gasteiger partial charge in [-0.25, -0.2) is 8.42 Å². The van der Waals surface area contributed by atoms with Crippen molar-refractivity contribution in [3.8, 4) is 5.75 Å². The van der Waals surface area contributed by atoms with Gasteiger partial charge in [-0.1, -0.05) is 0 Å². The van der Waals surface area contributed by atoms with Gasteiger partial charge in [0.2, 0.25) is 10.0 Å². The van der Waals surface area contributed by atoms with Crippen molar-refractivity contribution >= 4 is 10.0 Å². The van der Waals surface area contributed by atoms with Crippen LogP contribution in [0.15, 0.2) is 40.3 Å². The molecular weight excluding hydrogens is 314 g/mol. The average molecular weight is 330 g/mol. The SMILES string of the molecule is CN1CC2=C(C1)CN(S(=O)(=O)c1ccc(OC(F)F)cc1)C2. The van der Waals surface area contributed by atoms with Gasteiger partial charge in [-0.15, -0.1) is 0 Å². The van der Waals surface area contributed by atoms with Gasteiger partial charge in [-0.05, 0) is 42.5 Å². The zero-order chi connectivity index (χ0) is 15.9. The van der Waals surface area contributed by atoms with Crippen molar-refractivity contribution in [1.29, 1.82) is 0 Å². The molecule has 0 fully saturated rings. The molecule has 2 heterocycles. The molecule has 1 aromatic rings. The van der Waals surface area contributed by atoms with Crippen LogP contribution in [0.2, 0.25) is 0 Å². The van der Waals surface area contributed by atoms with Crippen LogP contribution < -0.4 is 4.74 Å². The van der Waals surface area contributed by atoms with E-state index in [1.807, 2.05) is 7.05 Å². The Balaban J connectivity index is 1.74. The minimum atomic E-state index is -3.61. The number of likely N-dealkylation sites (N-methyl/N-ethyl adjacent to an activating group) is 1. The summed E-state index contributed by atoms with van der Waals surface area (Å²) in [5, 5.41) is 0. The van der Waals surface area contributed by atoms with Gasteiger partial charge in [0.15, 0.2) is 0 Å². The lowest BCUT2D eigenvalue weighted by atomic mass is 10.2. The van der Waals surface area contributed by atoms with E-state index >= 15 is 0 Å². The van der Waals surface area contributed by atoms with Crippen LogP contribution in [0.3, 0.4) is 0 Å². The van der Waals surface area contributed by atoms with Gasteiger partial charge in [0.1, 0.15) is 5.75 Å². The highest BCUT2D eigenvalue weighted by molar-refractivity contribution is 7.89. The summed E-state index contributed by atoms with van der Waals surface area (Å²) in [5.74, 6) is -0.0578. The monoisotopic (exact) mass is 330 g/mol. The maximum Gasteiger partial charge on any atom is 0.387 e. The average Bonchev–Trinajstić information content (AvgIpc) is 2.96. The Morgan fingerprint density at radius 3 is 2.09 bits per heavy atom. The Morgan fingerprint density at radius 1 is 1.05 bits per heavy atom. The van der Waals surface area contributed by atoms with E-state index in [2.05, 4.69) is 9.64 Å². The molecule has 0 atom stereocenters. The maximum atomic E-state index is 12.6. The van der Waals surface area contributed by atoms with E-state index in [4.69, 9.17) is 0 Å². The number of halogens is 2. The van der Waals surface area contributed by atoms with Crippen LogP contribution >= 0.6 is 0 Å². The topological polar surface area (TPSA) is 49.9 Å². The molecule has 22 heavy (non-hydrogen) atoms. The first-order valence-electron chi connectivity index (χ1n) is 6.79. The van der Waals surface area contributed by atoms with Gasteiger partial charge in [0, 0.05) is 26.2 Å². The van der Waals surface area contributed by atoms with E-state index < -0.39 is 16.6 Å². The second-order valence-corrected chi connectivity index (χ2v) is 7.44. The number of alkyl halides is 2. The van der Waals surface area contributed by atoms with Crippen LogP contribution in [-0.2, 0) is 10.0 Å². The van der Waals surface area contributed by atoms with Crippen LogP contribution in [0.4, 0.5) is 8.78 Å². The third-order valence-electron chi connectivity index (χ3n) is 3.84. The highest BCUT2D eigenvalue weighted by atomic mass is 32.2. The first kappa shape index (κ1) is 15.4. The zero-order valence-electron chi connectivity index (χ0n) is 12.0. The van der Waals surface area contributed by atoms with Crippen molar-refractivity contribution < 1.29 is 21.9 Å². The lowest BCUT2D eigenvalue weighted by Crippen LogP contribution is -2.33. The van der Waals surface area contributed by atoms with E-state index in [1.54, 1.807) is 0 Å². The van der Waals surface area contributed by atoms with E-state index in [1.165, 1.54) is 28.6 Å². The van der Waals surface area contributed by atoms with Gasteiger partial charge in [-0.2, -0.15) is 13.1 Å². The molecule has 3 rings (SSSR count). The number of rotatable bonds is 4. The molecule has 2 aliphatic rings. The summed E-state index contributed by atoms with van der Waals surface area (Å²) in [6.45, 7) is -0.537. The zero-order valence-corrected chi connectivity index (χ0v) is 12.8. The third kappa shape index (κ3) is 2.86. The number of hydrogen-bond donors (Lipinski definition) is 0. The fourth-order valence-electron chi connectivity index (χ4n) is 2.85. The second-order valence-electron chi connectivity index (χ2n) is 5.50. The molecule has 120 valence electrons. The molecule has 0 spiro atoms. The number of nitrogens with zero attached hydrogens (tertiary/aromatic N) is 2. The van der Waals surface area contributed by atoms with E-state index in [-0.39, 0.29) is 10.6 Å². The lowest BCUT2D eigenvalue weighted by molar-refractivity contribution is -0.0498. The molecule has 1 aromatic carbocycles. The van der Waals surface area contributed by atoms with Gasteiger partial charge < -0.3 is 4.74 Å². The number of sulfonamides is 1. The maximum absolute atomic E-state index is 12.6. The summed E-state index contributed by atoms with van der Waals surface area (Å²) in [7, 11) is -1.61. The Morgan fingerprint density at radius 2 is 1.59 bits per heavy atom. The molecule has 0 aliphatic carbocycles. The highest BCUT2D eigenvalue weighted by Crippen LogP contribution is 2.29. The van der Waals surface area contributed by atoms with Gasteiger partial charge >= 0.3 is 6.61 Å². The fraction of sp³-hybridized carbons (Fsp3) is 0.429. The fourth-order valence-corrected chi connectivity index (χ4v) is 4.28. The number of ether oxygens (including phenoxy) is 1. The molecule has 5 nitrogen and oxygen atoms in total. The molecular formula is C14H16F2N2O3S. The van der Waals surface area contributed by atoms with Crippen LogP contribution in [0.1, 0.15) is 0 Å². The predicted molar refractivity (Wildman–Crippen MR) is 76.4 cm³/mol. The number of benzene rings is 1. The summed E-state index contributed by atoms with van der Waals surface area (Å²) in [4.78, 5) is 2.23.